The number of alkyl carbamates (subject to hydrolysis) is 1. The highest BCUT2D eigenvalue weighted by Gasteiger charge is 2.61. The summed E-state index contributed by atoms with van der Waals surface area (Å²) in [6.07, 6.45) is 3.55. The molecule has 5 rings (SSSR count). The Bertz CT molecular complexity index is 1000. The third kappa shape index (κ3) is 4.90. The van der Waals surface area contributed by atoms with E-state index in [9.17, 15) is 14.4 Å². The van der Waals surface area contributed by atoms with Crippen LogP contribution in [0.1, 0.15) is 58.4 Å². The number of ether oxygens (including phenoxy) is 3. The zero-order chi connectivity index (χ0) is 24.8. The predicted octanol–water partition coefficient (Wildman–Crippen LogP) is 2.96. The van der Waals surface area contributed by atoms with E-state index in [2.05, 4.69) is 10.6 Å². The third-order valence-electron chi connectivity index (χ3n) is 7.54. The summed E-state index contributed by atoms with van der Waals surface area (Å²) in [7, 11) is 0. The summed E-state index contributed by atoms with van der Waals surface area (Å²) < 4.78 is 16.2. The van der Waals surface area contributed by atoms with Crippen LogP contribution in [0.5, 0.6) is 11.5 Å². The van der Waals surface area contributed by atoms with Crippen molar-refractivity contribution in [3.05, 3.63) is 23.8 Å². The maximum Gasteiger partial charge on any atom is 0.408 e. The van der Waals surface area contributed by atoms with Gasteiger partial charge in [-0.05, 0) is 63.1 Å². The van der Waals surface area contributed by atoms with Gasteiger partial charge in [0.2, 0.25) is 18.6 Å². The van der Waals surface area contributed by atoms with Crippen LogP contribution in [-0.4, -0.2) is 53.8 Å². The third-order valence-corrected chi connectivity index (χ3v) is 7.54. The fraction of sp³-hybridized carbons (Fsp3) is 0.654. The predicted molar refractivity (Wildman–Crippen MR) is 127 cm³/mol. The smallest absolute Gasteiger partial charge is 0.408 e. The number of nitrogens with one attached hydrogen (secondary N) is 2. The summed E-state index contributed by atoms with van der Waals surface area (Å²) in [6.45, 7) is 7.21. The van der Waals surface area contributed by atoms with Gasteiger partial charge in [-0.3, -0.25) is 9.59 Å². The molecule has 190 valence electrons. The molecule has 0 bridgehead atoms. The lowest BCUT2D eigenvalue weighted by Gasteiger charge is -2.40. The van der Waals surface area contributed by atoms with E-state index in [4.69, 9.17) is 14.2 Å². The summed E-state index contributed by atoms with van der Waals surface area (Å²) >= 11 is 0. The molecule has 1 unspecified atom stereocenters. The van der Waals surface area contributed by atoms with E-state index in [0.29, 0.717) is 38.2 Å². The molecule has 2 saturated carbocycles. The molecule has 4 aliphatic rings. The Kier molecular flexibility index (Phi) is 6.05. The lowest BCUT2D eigenvalue weighted by Crippen LogP contribution is -2.61. The molecule has 3 atom stereocenters. The van der Waals surface area contributed by atoms with Crippen LogP contribution in [0.25, 0.3) is 0 Å². The number of likely N-dealkylation sites (tertiary alicyclic amines) is 1. The van der Waals surface area contributed by atoms with Crippen molar-refractivity contribution >= 4 is 17.9 Å². The fourth-order valence-electron chi connectivity index (χ4n) is 5.79. The SMILES string of the molecule is CC(C)(C)OC(=O)NC1(C(=O)N2C[C@@H]3C(C(=O)NCc4ccc5c(c4)OCO5)[C@@H]3C2)CCCCC1. The average molecular weight is 486 g/mol. The van der Waals surface area contributed by atoms with Crippen molar-refractivity contribution in [2.45, 2.75) is 70.6 Å². The van der Waals surface area contributed by atoms with Crippen LogP contribution in [0.3, 0.4) is 0 Å². The van der Waals surface area contributed by atoms with E-state index in [1.165, 1.54) is 0 Å². The average Bonchev–Trinajstić information content (AvgIpc) is 3.14. The molecule has 0 aromatic heterocycles. The zero-order valence-corrected chi connectivity index (χ0v) is 20.7. The largest absolute Gasteiger partial charge is 0.454 e. The molecular weight excluding hydrogens is 450 g/mol. The lowest BCUT2D eigenvalue weighted by atomic mass is 9.80. The van der Waals surface area contributed by atoms with Gasteiger partial charge >= 0.3 is 6.09 Å². The second-order valence-electron chi connectivity index (χ2n) is 11.2. The second-order valence-corrected chi connectivity index (χ2v) is 11.2. The summed E-state index contributed by atoms with van der Waals surface area (Å²) in [5, 5.41) is 5.97. The van der Waals surface area contributed by atoms with Crippen molar-refractivity contribution in [1.29, 1.82) is 0 Å². The summed E-state index contributed by atoms with van der Waals surface area (Å²) in [6, 6.07) is 5.66. The molecule has 2 heterocycles. The van der Waals surface area contributed by atoms with Crippen LogP contribution in [0.2, 0.25) is 0 Å². The van der Waals surface area contributed by atoms with Gasteiger partial charge in [0.1, 0.15) is 11.1 Å². The Hall–Kier alpha value is -2.97. The van der Waals surface area contributed by atoms with Crippen LogP contribution >= 0.6 is 0 Å². The lowest BCUT2D eigenvalue weighted by molar-refractivity contribution is -0.140. The van der Waals surface area contributed by atoms with Crippen molar-refractivity contribution in [2.75, 3.05) is 19.9 Å². The Morgan fingerprint density at radius 3 is 2.43 bits per heavy atom. The number of rotatable bonds is 5. The summed E-state index contributed by atoms with van der Waals surface area (Å²) in [4.78, 5) is 40.8. The van der Waals surface area contributed by atoms with E-state index >= 15 is 0 Å². The van der Waals surface area contributed by atoms with Gasteiger partial charge < -0.3 is 29.7 Å². The Labute approximate surface area is 205 Å². The first-order valence-electron chi connectivity index (χ1n) is 12.6. The van der Waals surface area contributed by atoms with Crippen LogP contribution in [0, 0.1) is 17.8 Å². The van der Waals surface area contributed by atoms with Gasteiger partial charge in [0.25, 0.3) is 0 Å². The summed E-state index contributed by atoms with van der Waals surface area (Å²) in [5.41, 5.74) is -0.578. The van der Waals surface area contributed by atoms with Crippen LogP contribution < -0.4 is 20.1 Å². The van der Waals surface area contributed by atoms with Gasteiger partial charge in [-0.1, -0.05) is 25.3 Å². The minimum atomic E-state index is -0.908. The molecule has 9 heteroatoms. The van der Waals surface area contributed by atoms with E-state index in [1.807, 2.05) is 43.9 Å². The molecule has 0 radical (unpaired) electrons. The number of benzene rings is 1. The van der Waals surface area contributed by atoms with Crippen molar-refractivity contribution < 1.29 is 28.6 Å². The van der Waals surface area contributed by atoms with Crippen molar-refractivity contribution in [3.63, 3.8) is 0 Å². The number of piperidine rings is 1. The molecule has 3 fully saturated rings. The molecule has 2 N–H and O–H groups in total. The molecule has 3 amide bonds. The normalized spacial score (nSPS) is 26.0. The van der Waals surface area contributed by atoms with E-state index < -0.39 is 17.2 Å². The molecule has 35 heavy (non-hydrogen) atoms. The van der Waals surface area contributed by atoms with Crippen LogP contribution in [-0.2, 0) is 20.9 Å². The number of hydrogen-bond acceptors (Lipinski definition) is 6. The first-order chi connectivity index (χ1) is 16.7. The molecule has 2 aliphatic heterocycles. The van der Waals surface area contributed by atoms with Crippen molar-refractivity contribution in [3.8, 4) is 11.5 Å². The van der Waals surface area contributed by atoms with E-state index in [-0.39, 0.29) is 36.4 Å². The number of amides is 3. The van der Waals surface area contributed by atoms with E-state index in [1.54, 1.807) is 0 Å². The fourth-order valence-corrected chi connectivity index (χ4v) is 5.79. The maximum atomic E-state index is 13.6. The number of carbonyl (C=O) groups excluding carboxylic acids is 3. The number of nitrogens with zero attached hydrogens (tertiary/aromatic N) is 1. The molecule has 2 aliphatic carbocycles. The van der Waals surface area contributed by atoms with Crippen LogP contribution in [0.15, 0.2) is 18.2 Å². The number of fused-ring (bicyclic) bond motifs is 2. The van der Waals surface area contributed by atoms with E-state index in [0.717, 1.165) is 30.6 Å². The van der Waals surface area contributed by atoms with Crippen molar-refractivity contribution in [1.82, 2.24) is 15.5 Å². The van der Waals surface area contributed by atoms with Crippen LogP contribution in [0.4, 0.5) is 4.79 Å². The minimum absolute atomic E-state index is 0.0315. The highest BCUT2D eigenvalue weighted by atomic mass is 16.7. The zero-order valence-electron chi connectivity index (χ0n) is 20.7. The Morgan fingerprint density at radius 2 is 1.74 bits per heavy atom. The van der Waals surface area contributed by atoms with Gasteiger partial charge in [0.05, 0.1) is 0 Å². The van der Waals surface area contributed by atoms with Crippen molar-refractivity contribution in [2.24, 2.45) is 17.8 Å². The summed E-state index contributed by atoms with van der Waals surface area (Å²) in [5.74, 6) is 1.72. The second kappa shape index (κ2) is 8.91. The number of carbonyl (C=O) groups is 3. The van der Waals surface area contributed by atoms with Gasteiger partial charge in [-0.15, -0.1) is 0 Å². The monoisotopic (exact) mass is 485 g/mol. The minimum Gasteiger partial charge on any atom is -0.454 e. The molecule has 1 aromatic rings. The molecular formula is C26H35N3O6. The molecule has 0 spiro atoms. The number of hydrogen-bond donors (Lipinski definition) is 2. The maximum absolute atomic E-state index is 13.6. The molecule has 1 saturated heterocycles. The topological polar surface area (TPSA) is 106 Å². The van der Waals surface area contributed by atoms with Gasteiger partial charge in [-0.25, -0.2) is 4.79 Å². The standard InChI is InChI=1S/C26H35N3O6/c1-25(2,3)35-24(32)28-26(9-5-4-6-10-26)23(31)29-13-17-18(14-29)21(17)22(30)27-12-16-7-8-19-20(11-16)34-15-33-19/h7-8,11,17-18,21H,4-6,9-10,12-15H2,1-3H3,(H,27,30)(H,28,32)/t17-,18+,21?. The van der Waals surface area contributed by atoms with Gasteiger partial charge in [-0.2, -0.15) is 0 Å². The highest BCUT2D eigenvalue weighted by molar-refractivity contribution is 5.91. The quantitative estimate of drug-likeness (QED) is 0.664. The first-order valence-corrected chi connectivity index (χ1v) is 12.6. The Morgan fingerprint density at radius 1 is 1.06 bits per heavy atom. The highest BCUT2D eigenvalue weighted by Crippen LogP contribution is 2.52. The first kappa shape index (κ1) is 23.8. The van der Waals surface area contributed by atoms with Gasteiger partial charge in [0.15, 0.2) is 11.5 Å². The molecule has 9 nitrogen and oxygen atoms in total. The van der Waals surface area contributed by atoms with Gasteiger partial charge in [0, 0.05) is 25.6 Å². The molecule has 1 aromatic carbocycles. The Balaban J connectivity index is 1.15.